The lowest BCUT2D eigenvalue weighted by molar-refractivity contribution is -0.385. The number of rotatable bonds is 8. The Morgan fingerprint density at radius 3 is 2.61 bits per heavy atom. The Morgan fingerprint density at radius 2 is 1.97 bits per heavy atom. The van der Waals surface area contributed by atoms with Gasteiger partial charge in [0.05, 0.1) is 35.1 Å². The summed E-state index contributed by atoms with van der Waals surface area (Å²) >= 11 is 0. The van der Waals surface area contributed by atoms with E-state index in [0.717, 1.165) is 12.1 Å². The van der Waals surface area contributed by atoms with E-state index in [2.05, 4.69) is 5.32 Å². The molecule has 9 nitrogen and oxygen atoms in total. The number of aromatic nitrogens is 1. The van der Waals surface area contributed by atoms with Crippen molar-refractivity contribution in [2.45, 2.75) is 27.0 Å². The number of hydrogen-bond donors (Lipinski definition) is 1. The standard InChI is InChI=1S/C27H30N4O5/c1-4-30(25-17-28-13-14-36-25)27(32)26-18(3)29-22(19-9-7-6-8-10-19)16-21(26)20-11-12-24(35-5-2)23(15-20)31(33)34/h6-12,15-16,25,28H,4-5,13-14,17H2,1-3H3. The van der Waals surface area contributed by atoms with Crippen molar-refractivity contribution in [1.82, 2.24) is 15.2 Å². The van der Waals surface area contributed by atoms with E-state index < -0.39 is 11.2 Å². The lowest BCUT2D eigenvalue weighted by Gasteiger charge is -2.34. The highest BCUT2D eigenvalue weighted by Crippen LogP contribution is 2.36. The third-order valence-corrected chi connectivity index (χ3v) is 6.11. The number of aryl methyl sites for hydroxylation is 1. The number of nitrogens with zero attached hydrogens (tertiary/aromatic N) is 3. The van der Waals surface area contributed by atoms with Crippen molar-refractivity contribution >= 4 is 11.6 Å². The fourth-order valence-corrected chi connectivity index (χ4v) is 4.41. The Balaban J connectivity index is 1.89. The van der Waals surface area contributed by atoms with Gasteiger partial charge in [-0.15, -0.1) is 0 Å². The van der Waals surface area contributed by atoms with Gasteiger partial charge in [-0.2, -0.15) is 0 Å². The van der Waals surface area contributed by atoms with Gasteiger partial charge in [-0.3, -0.25) is 19.9 Å². The lowest BCUT2D eigenvalue weighted by Crippen LogP contribution is -2.51. The third kappa shape index (κ3) is 5.22. The molecule has 0 bridgehead atoms. The van der Waals surface area contributed by atoms with Crippen molar-refractivity contribution in [2.75, 3.05) is 32.8 Å². The number of benzene rings is 2. The zero-order valence-corrected chi connectivity index (χ0v) is 20.7. The molecule has 2 aromatic carbocycles. The molecule has 0 aliphatic carbocycles. The van der Waals surface area contributed by atoms with Gasteiger partial charge in [-0.1, -0.05) is 36.4 Å². The van der Waals surface area contributed by atoms with Gasteiger partial charge in [-0.05, 0) is 44.0 Å². The fourth-order valence-electron chi connectivity index (χ4n) is 4.41. The van der Waals surface area contributed by atoms with Crippen molar-refractivity contribution in [2.24, 2.45) is 0 Å². The van der Waals surface area contributed by atoms with E-state index in [1.54, 1.807) is 30.9 Å². The highest BCUT2D eigenvalue weighted by molar-refractivity contribution is 6.03. The molecule has 1 aliphatic heterocycles. The maximum absolute atomic E-state index is 13.9. The number of ether oxygens (including phenoxy) is 2. The van der Waals surface area contributed by atoms with Crippen LogP contribution in [0, 0.1) is 17.0 Å². The molecule has 188 valence electrons. The molecule has 1 saturated heterocycles. The average molecular weight is 491 g/mol. The largest absolute Gasteiger partial charge is 0.487 e. The highest BCUT2D eigenvalue weighted by atomic mass is 16.6. The molecule has 1 N–H and O–H groups in total. The predicted molar refractivity (Wildman–Crippen MR) is 137 cm³/mol. The quantitative estimate of drug-likeness (QED) is 0.367. The second-order valence-electron chi connectivity index (χ2n) is 8.37. The number of nitrogens with one attached hydrogen (secondary N) is 1. The summed E-state index contributed by atoms with van der Waals surface area (Å²) in [6.45, 7) is 7.97. The van der Waals surface area contributed by atoms with Crippen LogP contribution in [0.25, 0.3) is 22.4 Å². The Labute approximate surface area is 210 Å². The van der Waals surface area contributed by atoms with E-state index in [4.69, 9.17) is 14.5 Å². The minimum absolute atomic E-state index is 0.157. The van der Waals surface area contributed by atoms with Crippen molar-refractivity contribution in [3.8, 4) is 28.1 Å². The Kier molecular flexibility index (Phi) is 7.92. The molecule has 1 aromatic heterocycles. The van der Waals surface area contributed by atoms with Gasteiger partial charge >= 0.3 is 5.69 Å². The van der Waals surface area contributed by atoms with Crippen LogP contribution in [0.4, 0.5) is 5.69 Å². The van der Waals surface area contributed by atoms with Crippen LogP contribution in [0.5, 0.6) is 5.75 Å². The predicted octanol–water partition coefficient (Wildman–Crippen LogP) is 4.44. The van der Waals surface area contributed by atoms with E-state index in [-0.39, 0.29) is 17.3 Å². The minimum atomic E-state index is -0.470. The lowest BCUT2D eigenvalue weighted by atomic mass is 9.95. The molecule has 0 spiro atoms. The summed E-state index contributed by atoms with van der Waals surface area (Å²) in [5, 5.41) is 15.1. The number of likely N-dealkylation sites (N-methyl/N-ethyl adjacent to an activating group) is 1. The number of amides is 1. The zero-order valence-electron chi connectivity index (χ0n) is 20.7. The van der Waals surface area contributed by atoms with Gasteiger partial charge in [0.15, 0.2) is 5.75 Å². The number of hydrogen-bond acceptors (Lipinski definition) is 7. The second-order valence-corrected chi connectivity index (χ2v) is 8.37. The first kappa shape index (κ1) is 25.3. The smallest absolute Gasteiger partial charge is 0.311 e. The SMILES string of the molecule is CCOc1ccc(-c2cc(-c3ccccc3)nc(C)c2C(=O)N(CC)C2CNCCO2)cc1[N+](=O)[O-]. The molecule has 1 aliphatic rings. The number of carbonyl (C=O) groups excluding carboxylic acids is 1. The maximum atomic E-state index is 13.9. The summed E-state index contributed by atoms with van der Waals surface area (Å²) < 4.78 is 11.3. The van der Waals surface area contributed by atoms with Crippen LogP contribution >= 0.6 is 0 Å². The molecule has 1 amide bonds. The first-order valence-corrected chi connectivity index (χ1v) is 12.1. The molecule has 3 aromatic rings. The summed E-state index contributed by atoms with van der Waals surface area (Å²) in [6.07, 6.45) is -0.410. The van der Waals surface area contributed by atoms with Crippen molar-refractivity contribution in [1.29, 1.82) is 0 Å². The molecule has 1 atom stereocenters. The van der Waals surface area contributed by atoms with E-state index in [0.29, 0.717) is 54.4 Å². The minimum Gasteiger partial charge on any atom is -0.487 e. The van der Waals surface area contributed by atoms with Crippen LogP contribution in [-0.2, 0) is 4.74 Å². The van der Waals surface area contributed by atoms with E-state index in [1.807, 2.05) is 43.3 Å². The molecule has 1 fully saturated rings. The van der Waals surface area contributed by atoms with Crippen LogP contribution in [-0.4, -0.2) is 59.8 Å². The molecule has 0 saturated carbocycles. The molecular formula is C27H30N4O5. The Morgan fingerprint density at radius 1 is 1.19 bits per heavy atom. The molecule has 0 radical (unpaired) electrons. The third-order valence-electron chi connectivity index (χ3n) is 6.11. The van der Waals surface area contributed by atoms with Gasteiger partial charge in [-0.25, -0.2) is 0 Å². The van der Waals surface area contributed by atoms with Gasteiger partial charge < -0.3 is 19.7 Å². The van der Waals surface area contributed by atoms with E-state index >= 15 is 0 Å². The van der Waals surface area contributed by atoms with Gasteiger partial charge in [0.25, 0.3) is 5.91 Å². The number of carbonyl (C=O) groups is 1. The highest BCUT2D eigenvalue weighted by Gasteiger charge is 2.30. The second kappa shape index (κ2) is 11.3. The van der Waals surface area contributed by atoms with E-state index in [9.17, 15) is 14.9 Å². The Hall–Kier alpha value is -3.82. The average Bonchev–Trinajstić information content (AvgIpc) is 2.90. The van der Waals surface area contributed by atoms with Crippen LogP contribution in [0.1, 0.15) is 29.9 Å². The fraction of sp³-hybridized carbons (Fsp3) is 0.333. The van der Waals surface area contributed by atoms with E-state index in [1.165, 1.54) is 6.07 Å². The number of pyridine rings is 1. The van der Waals surface area contributed by atoms with Crippen molar-refractivity contribution in [3.05, 3.63) is 76.0 Å². The first-order valence-electron chi connectivity index (χ1n) is 12.1. The molecule has 4 rings (SSSR count). The first-order chi connectivity index (χ1) is 17.4. The van der Waals surface area contributed by atoms with Gasteiger partial charge in [0.2, 0.25) is 0 Å². The summed E-state index contributed by atoms with van der Waals surface area (Å²) in [5.41, 5.74) is 3.44. The van der Waals surface area contributed by atoms with Gasteiger partial charge in [0.1, 0.15) is 6.23 Å². The number of nitro benzene ring substituents is 1. The zero-order chi connectivity index (χ0) is 25.7. The molecule has 1 unspecified atom stereocenters. The van der Waals surface area contributed by atoms with Crippen LogP contribution in [0.2, 0.25) is 0 Å². The molecule has 9 heteroatoms. The summed E-state index contributed by atoms with van der Waals surface area (Å²) in [4.78, 5) is 31.7. The van der Waals surface area contributed by atoms with Crippen LogP contribution in [0.3, 0.4) is 0 Å². The van der Waals surface area contributed by atoms with Crippen molar-refractivity contribution in [3.63, 3.8) is 0 Å². The maximum Gasteiger partial charge on any atom is 0.311 e. The van der Waals surface area contributed by atoms with Gasteiger partial charge in [0, 0.05) is 31.3 Å². The normalized spacial score (nSPS) is 15.4. The molecular weight excluding hydrogens is 460 g/mol. The number of morpholine rings is 1. The molecule has 36 heavy (non-hydrogen) atoms. The molecule has 2 heterocycles. The summed E-state index contributed by atoms with van der Waals surface area (Å²) in [7, 11) is 0. The Bertz CT molecular complexity index is 1240. The topological polar surface area (TPSA) is 107 Å². The van der Waals surface area contributed by atoms with Crippen molar-refractivity contribution < 1.29 is 19.2 Å². The van der Waals surface area contributed by atoms with Crippen LogP contribution in [0.15, 0.2) is 54.6 Å². The summed E-state index contributed by atoms with van der Waals surface area (Å²) in [5.74, 6) is -0.0487. The monoisotopic (exact) mass is 490 g/mol. The summed E-state index contributed by atoms with van der Waals surface area (Å²) in [6, 6.07) is 16.2. The number of nitro groups is 1. The van der Waals surface area contributed by atoms with Crippen LogP contribution < -0.4 is 10.1 Å².